The van der Waals surface area contributed by atoms with Gasteiger partial charge in [-0.1, -0.05) is 43.2 Å². The summed E-state index contributed by atoms with van der Waals surface area (Å²) in [4.78, 5) is 12.6. The Morgan fingerprint density at radius 2 is 1.56 bits per heavy atom. The first-order chi connectivity index (χ1) is 12.1. The molecule has 0 saturated carbocycles. The van der Waals surface area contributed by atoms with Gasteiger partial charge in [0.1, 0.15) is 5.78 Å². The van der Waals surface area contributed by atoms with Crippen LogP contribution in [0.5, 0.6) is 0 Å². The summed E-state index contributed by atoms with van der Waals surface area (Å²) in [6.07, 6.45) is 6.01. The third kappa shape index (κ3) is 4.68. The van der Waals surface area contributed by atoms with Gasteiger partial charge in [-0.15, -0.1) is 0 Å². The van der Waals surface area contributed by atoms with E-state index in [4.69, 9.17) is 0 Å². The molecule has 0 spiro atoms. The van der Waals surface area contributed by atoms with Gasteiger partial charge in [0.25, 0.3) is 10.2 Å². The maximum Gasteiger partial charge on any atom is 0.281 e. The number of carbonyl (C=O) groups excluding carboxylic acids is 1. The second kappa shape index (κ2) is 8.43. The Bertz CT molecular complexity index is 667. The summed E-state index contributed by atoms with van der Waals surface area (Å²) in [7, 11) is -3.43. The lowest BCUT2D eigenvalue weighted by Crippen LogP contribution is -2.49. The molecule has 3 rings (SSSR count). The van der Waals surface area contributed by atoms with Crippen LogP contribution < -0.4 is 0 Å². The average Bonchev–Trinajstić information content (AvgIpc) is 2.93. The van der Waals surface area contributed by atoms with Crippen LogP contribution in [0, 0.1) is 5.92 Å². The van der Waals surface area contributed by atoms with E-state index in [0.29, 0.717) is 32.6 Å². The number of rotatable bonds is 5. The molecule has 2 fully saturated rings. The minimum atomic E-state index is -3.43. The van der Waals surface area contributed by atoms with E-state index < -0.39 is 10.2 Å². The van der Waals surface area contributed by atoms with Gasteiger partial charge in [0.15, 0.2) is 0 Å². The van der Waals surface area contributed by atoms with Crippen molar-refractivity contribution in [1.82, 2.24) is 8.61 Å². The summed E-state index contributed by atoms with van der Waals surface area (Å²) in [6.45, 7) is 2.10. The van der Waals surface area contributed by atoms with E-state index in [1.165, 1.54) is 0 Å². The monoisotopic (exact) mass is 364 g/mol. The molecular weight excluding hydrogens is 336 g/mol. The van der Waals surface area contributed by atoms with Crippen LogP contribution in [0.1, 0.15) is 44.1 Å². The Balaban J connectivity index is 1.64. The van der Waals surface area contributed by atoms with Crippen LogP contribution in [0.15, 0.2) is 30.3 Å². The minimum absolute atomic E-state index is 0.155. The summed E-state index contributed by atoms with van der Waals surface area (Å²) >= 11 is 0. The molecule has 2 saturated heterocycles. The minimum Gasteiger partial charge on any atom is -0.299 e. The van der Waals surface area contributed by atoms with Gasteiger partial charge in [-0.25, -0.2) is 0 Å². The van der Waals surface area contributed by atoms with Crippen LogP contribution in [0.25, 0.3) is 0 Å². The Morgan fingerprint density at radius 3 is 2.24 bits per heavy atom. The SMILES string of the molecule is O=C(Cc1ccccc1)[C@H]1CCCN(S(=O)(=O)N2CCCCCC2)C1. The van der Waals surface area contributed by atoms with Crippen molar-refractivity contribution < 1.29 is 13.2 Å². The number of ketones is 1. The third-order valence-electron chi connectivity index (χ3n) is 5.28. The van der Waals surface area contributed by atoms with Gasteiger partial charge < -0.3 is 0 Å². The molecule has 0 aliphatic carbocycles. The van der Waals surface area contributed by atoms with E-state index in [1.807, 2.05) is 30.3 Å². The Kier molecular flexibility index (Phi) is 6.25. The van der Waals surface area contributed by atoms with Gasteiger partial charge in [0.05, 0.1) is 0 Å². The van der Waals surface area contributed by atoms with E-state index in [1.54, 1.807) is 8.61 Å². The van der Waals surface area contributed by atoms with Crippen LogP contribution in [0.3, 0.4) is 0 Å². The van der Waals surface area contributed by atoms with Gasteiger partial charge >= 0.3 is 0 Å². The smallest absolute Gasteiger partial charge is 0.281 e. The summed E-state index contributed by atoms with van der Waals surface area (Å²) in [5.41, 5.74) is 1.000. The summed E-state index contributed by atoms with van der Waals surface area (Å²) in [5.74, 6) is -0.0299. The van der Waals surface area contributed by atoms with Gasteiger partial charge in [-0.2, -0.15) is 17.0 Å². The number of carbonyl (C=O) groups is 1. The largest absolute Gasteiger partial charge is 0.299 e. The molecule has 6 heteroatoms. The predicted molar refractivity (Wildman–Crippen MR) is 98.4 cm³/mol. The highest BCUT2D eigenvalue weighted by Gasteiger charge is 2.35. The standard InChI is InChI=1S/C19H28N2O3S/c22-19(15-17-9-4-3-5-10-17)18-11-8-14-21(16-18)25(23,24)20-12-6-1-2-7-13-20/h3-5,9-10,18H,1-2,6-8,11-16H2/t18-/m0/s1. The molecule has 1 aromatic carbocycles. The lowest BCUT2D eigenvalue weighted by Gasteiger charge is -2.34. The number of hydrogen-bond donors (Lipinski definition) is 0. The number of piperidine rings is 1. The van der Waals surface area contributed by atoms with Crippen molar-refractivity contribution in [3.05, 3.63) is 35.9 Å². The maximum atomic E-state index is 13.0. The van der Waals surface area contributed by atoms with E-state index in [2.05, 4.69) is 0 Å². The quantitative estimate of drug-likeness (QED) is 0.807. The third-order valence-corrected chi connectivity index (χ3v) is 7.28. The van der Waals surface area contributed by atoms with Crippen molar-refractivity contribution in [2.75, 3.05) is 26.2 Å². The average molecular weight is 365 g/mol. The number of benzene rings is 1. The second-order valence-corrected chi connectivity index (χ2v) is 9.08. The van der Waals surface area contributed by atoms with Crippen molar-refractivity contribution in [2.24, 2.45) is 5.92 Å². The van der Waals surface area contributed by atoms with E-state index in [-0.39, 0.29) is 11.7 Å². The molecule has 0 bridgehead atoms. The lowest BCUT2D eigenvalue weighted by molar-refractivity contribution is -0.123. The lowest BCUT2D eigenvalue weighted by atomic mass is 9.91. The molecule has 2 heterocycles. The van der Waals surface area contributed by atoms with Crippen LogP contribution in [-0.4, -0.2) is 49.0 Å². The molecular formula is C19H28N2O3S. The predicted octanol–water partition coefficient (Wildman–Crippen LogP) is 2.63. The fourth-order valence-electron chi connectivity index (χ4n) is 3.79. The fourth-order valence-corrected chi connectivity index (χ4v) is 5.57. The van der Waals surface area contributed by atoms with E-state index in [0.717, 1.165) is 44.1 Å². The van der Waals surface area contributed by atoms with Crippen molar-refractivity contribution in [3.63, 3.8) is 0 Å². The van der Waals surface area contributed by atoms with Crippen molar-refractivity contribution in [2.45, 2.75) is 44.9 Å². The molecule has 2 aliphatic heterocycles. The molecule has 0 amide bonds. The molecule has 2 aliphatic rings. The Labute approximate surface area is 151 Å². The fraction of sp³-hybridized carbons (Fsp3) is 0.632. The summed E-state index contributed by atoms with van der Waals surface area (Å²) in [6, 6.07) is 9.70. The first-order valence-electron chi connectivity index (χ1n) is 9.39. The topological polar surface area (TPSA) is 57.7 Å². The summed E-state index contributed by atoms with van der Waals surface area (Å²) in [5, 5.41) is 0. The molecule has 5 nitrogen and oxygen atoms in total. The van der Waals surface area contributed by atoms with Gasteiger partial charge in [-0.3, -0.25) is 4.79 Å². The molecule has 0 radical (unpaired) electrons. The number of hydrogen-bond acceptors (Lipinski definition) is 3. The Hall–Kier alpha value is -1.24. The van der Waals surface area contributed by atoms with Crippen LogP contribution in [-0.2, 0) is 21.4 Å². The van der Waals surface area contributed by atoms with Crippen LogP contribution >= 0.6 is 0 Å². The molecule has 1 aromatic rings. The van der Waals surface area contributed by atoms with Crippen molar-refractivity contribution in [1.29, 1.82) is 0 Å². The van der Waals surface area contributed by atoms with Crippen LogP contribution in [0.2, 0.25) is 0 Å². The second-order valence-electron chi connectivity index (χ2n) is 7.15. The molecule has 0 aromatic heterocycles. The molecule has 1 atom stereocenters. The highest BCUT2D eigenvalue weighted by Crippen LogP contribution is 2.24. The first kappa shape index (κ1) is 18.5. The molecule has 0 unspecified atom stereocenters. The maximum absolute atomic E-state index is 13.0. The van der Waals surface area contributed by atoms with Crippen molar-refractivity contribution >= 4 is 16.0 Å². The highest BCUT2D eigenvalue weighted by atomic mass is 32.2. The molecule has 0 N–H and O–H groups in total. The molecule has 25 heavy (non-hydrogen) atoms. The zero-order valence-corrected chi connectivity index (χ0v) is 15.6. The first-order valence-corrected chi connectivity index (χ1v) is 10.8. The number of Topliss-reactive ketones (excluding diaryl/α,β-unsaturated/α-hetero) is 1. The van der Waals surface area contributed by atoms with E-state index >= 15 is 0 Å². The normalized spacial score (nSPS) is 23.9. The highest BCUT2D eigenvalue weighted by molar-refractivity contribution is 7.86. The van der Waals surface area contributed by atoms with Gasteiger partial charge in [0.2, 0.25) is 0 Å². The van der Waals surface area contributed by atoms with Gasteiger partial charge in [-0.05, 0) is 31.2 Å². The van der Waals surface area contributed by atoms with Gasteiger partial charge in [0, 0.05) is 38.5 Å². The van der Waals surface area contributed by atoms with E-state index in [9.17, 15) is 13.2 Å². The van der Waals surface area contributed by atoms with Crippen molar-refractivity contribution in [3.8, 4) is 0 Å². The summed E-state index contributed by atoms with van der Waals surface area (Å²) < 4.78 is 29.1. The zero-order valence-electron chi connectivity index (χ0n) is 14.8. The number of nitrogens with zero attached hydrogens (tertiary/aromatic N) is 2. The molecule has 138 valence electrons. The zero-order chi connectivity index (χ0) is 17.7. The Morgan fingerprint density at radius 1 is 0.920 bits per heavy atom. The van der Waals surface area contributed by atoms with Crippen LogP contribution in [0.4, 0.5) is 0 Å².